The number of anilines is 1. The number of carboxylic acid groups (broad SMARTS) is 1. The number of nitrogens with zero attached hydrogens (tertiary/aromatic N) is 5. The fourth-order valence-electron chi connectivity index (χ4n) is 7.56. The third kappa shape index (κ3) is 4.52. The maximum Gasteiger partial charge on any atom is 0.335 e. The number of aromatic carboxylic acids is 1. The monoisotopic (exact) mass is 603 g/mol. The molecule has 0 amide bonds. The molecule has 2 bridgehead atoms. The molecular formula is C32H34ClN5O3S. The molecule has 3 saturated carbocycles. The summed E-state index contributed by atoms with van der Waals surface area (Å²) in [6.07, 6.45) is 9.11. The third-order valence-corrected chi connectivity index (χ3v) is 11.2. The second kappa shape index (κ2) is 10.3. The van der Waals surface area contributed by atoms with E-state index < -0.39 is 5.97 Å². The van der Waals surface area contributed by atoms with Crippen LogP contribution >= 0.6 is 22.9 Å². The van der Waals surface area contributed by atoms with Crippen molar-refractivity contribution < 1.29 is 14.6 Å². The van der Waals surface area contributed by atoms with Gasteiger partial charge in [0.05, 0.1) is 45.2 Å². The number of hydrogen-bond acceptors (Lipinski definition) is 7. The first-order chi connectivity index (χ1) is 20.4. The van der Waals surface area contributed by atoms with Gasteiger partial charge in [-0.05, 0) is 80.7 Å². The minimum absolute atomic E-state index is 0.177. The Labute approximate surface area is 253 Å². The summed E-state index contributed by atoms with van der Waals surface area (Å²) < 4.78 is 9.71. The number of carbonyl (C=O) groups is 1. The van der Waals surface area contributed by atoms with Gasteiger partial charge in [-0.1, -0.05) is 53.1 Å². The predicted octanol–water partition coefficient (Wildman–Crippen LogP) is 7.39. The van der Waals surface area contributed by atoms with E-state index >= 15 is 0 Å². The predicted molar refractivity (Wildman–Crippen MR) is 164 cm³/mol. The standard InChI is InChI=1S/C32H34ClN5O3S/c1-17-5-4-8-24(33)28(17)30-25(38(36-35-30)21-9-10-21)16-41-26-14-22-11-20(26)15-37(22)32-34-29-23(18-6-2-3-7-18)12-19(31(39)40)13-27(29)42-32/h4-5,8,12-13,18,20-22,26H,2-3,6-7,9-11,14-16H2,1H3,(H,39,40)/t20-,22-,26+/m0/s1. The van der Waals surface area contributed by atoms with E-state index in [1.54, 1.807) is 11.3 Å². The summed E-state index contributed by atoms with van der Waals surface area (Å²) in [6, 6.07) is 10.4. The molecule has 3 heterocycles. The van der Waals surface area contributed by atoms with Gasteiger partial charge in [-0.25, -0.2) is 14.5 Å². The van der Waals surface area contributed by atoms with Crippen molar-refractivity contribution in [2.24, 2.45) is 5.92 Å². The normalized spacial score (nSPS) is 24.0. The van der Waals surface area contributed by atoms with Gasteiger partial charge in [0, 0.05) is 24.1 Å². The molecule has 10 heteroatoms. The van der Waals surface area contributed by atoms with Crippen molar-refractivity contribution in [3.63, 3.8) is 0 Å². The highest BCUT2D eigenvalue weighted by Gasteiger charge is 2.46. The lowest BCUT2D eigenvalue weighted by molar-refractivity contribution is 0.00958. The maximum atomic E-state index is 11.9. The highest BCUT2D eigenvalue weighted by Crippen LogP contribution is 2.47. The Morgan fingerprint density at radius 1 is 1.14 bits per heavy atom. The molecule has 8 rings (SSSR count). The molecule has 2 aromatic heterocycles. The molecule has 3 aliphatic carbocycles. The number of aromatic nitrogens is 4. The average Bonchev–Trinajstić information content (AvgIpc) is 3.49. The molecule has 1 aliphatic heterocycles. The maximum absolute atomic E-state index is 11.9. The molecule has 218 valence electrons. The molecule has 2 aromatic carbocycles. The lowest BCUT2D eigenvalue weighted by Gasteiger charge is -2.31. The summed E-state index contributed by atoms with van der Waals surface area (Å²) in [7, 11) is 0. The number of thiazole rings is 1. The van der Waals surface area contributed by atoms with Gasteiger partial charge in [-0.2, -0.15) is 0 Å². The first kappa shape index (κ1) is 26.6. The smallest absolute Gasteiger partial charge is 0.335 e. The van der Waals surface area contributed by atoms with Crippen molar-refractivity contribution >= 4 is 44.3 Å². The molecule has 0 radical (unpaired) electrons. The average molecular weight is 604 g/mol. The van der Waals surface area contributed by atoms with Gasteiger partial charge in [-0.15, -0.1) is 5.10 Å². The molecule has 3 atom stereocenters. The Morgan fingerprint density at radius 2 is 1.98 bits per heavy atom. The van der Waals surface area contributed by atoms with Gasteiger partial charge in [0.1, 0.15) is 5.69 Å². The second-order valence-corrected chi connectivity index (χ2v) is 14.0. The van der Waals surface area contributed by atoms with Gasteiger partial charge in [0.15, 0.2) is 5.13 Å². The van der Waals surface area contributed by atoms with Crippen LogP contribution in [-0.4, -0.2) is 49.7 Å². The third-order valence-electron chi connectivity index (χ3n) is 9.85. The molecule has 4 aliphatic rings. The van der Waals surface area contributed by atoms with Crippen LogP contribution in [0.3, 0.4) is 0 Å². The van der Waals surface area contributed by atoms with Crippen molar-refractivity contribution in [3.05, 3.63) is 57.7 Å². The first-order valence-electron chi connectivity index (χ1n) is 15.2. The van der Waals surface area contributed by atoms with E-state index in [1.165, 1.54) is 12.8 Å². The Kier molecular flexibility index (Phi) is 6.53. The summed E-state index contributed by atoms with van der Waals surface area (Å²) in [6.45, 7) is 3.45. The number of fused-ring (bicyclic) bond motifs is 3. The summed E-state index contributed by atoms with van der Waals surface area (Å²) in [5.41, 5.74) is 6.40. The molecule has 1 N–H and O–H groups in total. The second-order valence-electron chi connectivity index (χ2n) is 12.6. The number of hydrogen-bond donors (Lipinski definition) is 1. The van der Waals surface area contributed by atoms with Crippen LogP contribution in [0.5, 0.6) is 0 Å². The Hall–Kier alpha value is -3.01. The minimum Gasteiger partial charge on any atom is -0.478 e. The number of carboxylic acids is 1. The van der Waals surface area contributed by atoms with Crippen molar-refractivity contribution in [1.82, 2.24) is 20.0 Å². The van der Waals surface area contributed by atoms with Gasteiger partial charge in [0.25, 0.3) is 0 Å². The zero-order valence-corrected chi connectivity index (χ0v) is 25.2. The molecule has 4 fully saturated rings. The van der Waals surface area contributed by atoms with Gasteiger partial charge >= 0.3 is 5.97 Å². The van der Waals surface area contributed by atoms with Crippen molar-refractivity contribution in [2.75, 3.05) is 11.4 Å². The van der Waals surface area contributed by atoms with Crippen molar-refractivity contribution in [3.8, 4) is 11.3 Å². The van der Waals surface area contributed by atoms with Crippen LogP contribution in [0.25, 0.3) is 21.5 Å². The van der Waals surface area contributed by atoms with E-state index in [9.17, 15) is 9.90 Å². The van der Waals surface area contributed by atoms with E-state index in [0.29, 0.717) is 41.1 Å². The summed E-state index contributed by atoms with van der Waals surface area (Å²) in [5.74, 6) is -0.0216. The Balaban J connectivity index is 1.02. The number of aryl methyl sites for hydroxylation is 1. The van der Waals surface area contributed by atoms with Gasteiger partial charge in [0.2, 0.25) is 0 Å². The number of rotatable bonds is 8. The zero-order chi connectivity index (χ0) is 28.5. The fraction of sp³-hybridized carbons (Fsp3) is 0.500. The van der Waals surface area contributed by atoms with Crippen LogP contribution in [0.4, 0.5) is 5.13 Å². The fourth-order valence-corrected chi connectivity index (χ4v) is 8.99. The van der Waals surface area contributed by atoms with Crippen molar-refractivity contribution in [1.29, 1.82) is 0 Å². The lowest BCUT2D eigenvalue weighted by Crippen LogP contribution is -2.38. The molecule has 42 heavy (non-hydrogen) atoms. The van der Waals surface area contributed by atoms with Crippen molar-refractivity contribution in [2.45, 2.75) is 89.0 Å². The summed E-state index contributed by atoms with van der Waals surface area (Å²) >= 11 is 8.28. The topological polar surface area (TPSA) is 93.4 Å². The quantitative estimate of drug-likeness (QED) is 0.224. The number of ether oxygens (including phenoxy) is 1. The molecule has 0 spiro atoms. The number of benzene rings is 2. The van der Waals surface area contributed by atoms with Gasteiger partial charge in [-0.3, -0.25) is 0 Å². The highest BCUT2D eigenvalue weighted by atomic mass is 35.5. The SMILES string of the molecule is Cc1cccc(Cl)c1-c1nnn(C2CC2)c1CO[C@@H]1C[C@@H]2C[C@H]1CN2c1nc2c(C3CCCC3)cc(C(=O)O)cc2s1. The molecule has 0 unspecified atom stereocenters. The van der Waals surface area contributed by atoms with Crippen LogP contribution < -0.4 is 4.90 Å². The molecule has 4 aromatic rings. The van der Waals surface area contributed by atoms with E-state index in [4.69, 9.17) is 21.3 Å². The minimum atomic E-state index is -0.864. The largest absolute Gasteiger partial charge is 0.478 e. The number of halogens is 1. The van der Waals surface area contributed by atoms with E-state index in [1.807, 2.05) is 24.3 Å². The molecular weight excluding hydrogens is 570 g/mol. The molecule has 8 nitrogen and oxygen atoms in total. The van der Waals surface area contributed by atoms with Crippen LogP contribution in [0.15, 0.2) is 30.3 Å². The molecule has 1 saturated heterocycles. The van der Waals surface area contributed by atoms with E-state index in [2.05, 4.69) is 32.9 Å². The number of piperidine rings is 1. The van der Waals surface area contributed by atoms with Crippen LogP contribution in [-0.2, 0) is 11.3 Å². The summed E-state index contributed by atoms with van der Waals surface area (Å²) in [4.78, 5) is 19.5. The summed E-state index contributed by atoms with van der Waals surface area (Å²) in [5, 5.41) is 20.6. The first-order valence-corrected chi connectivity index (χ1v) is 16.4. The Bertz CT molecular complexity index is 1670. The van der Waals surface area contributed by atoms with Gasteiger partial charge < -0.3 is 14.7 Å². The van der Waals surface area contributed by atoms with Crippen LogP contribution in [0.1, 0.15) is 90.5 Å². The van der Waals surface area contributed by atoms with Crippen LogP contribution in [0, 0.1) is 12.8 Å². The zero-order valence-electron chi connectivity index (χ0n) is 23.6. The van der Waals surface area contributed by atoms with E-state index in [-0.39, 0.29) is 6.10 Å². The van der Waals surface area contributed by atoms with E-state index in [0.717, 1.165) is 88.5 Å². The van der Waals surface area contributed by atoms with Crippen LogP contribution in [0.2, 0.25) is 5.02 Å². The lowest BCUT2D eigenvalue weighted by atomic mass is 9.95. The Morgan fingerprint density at radius 3 is 2.69 bits per heavy atom. The highest BCUT2D eigenvalue weighted by molar-refractivity contribution is 7.22.